The van der Waals surface area contributed by atoms with Crippen LogP contribution in [0.25, 0.3) is 20.2 Å². The van der Waals surface area contributed by atoms with Crippen molar-refractivity contribution in [2.75, 3.05) is 14.7 Å². The van der Waals surface area contributed by atoms with Crippen LogP contribution in [0.2, 0.25) is 0 Å². The molecule has 0 amide bonds. The van der Waals surface area contributed by atoms with Crippen molar-refractivity contribution in [2.45, 2.75) is 171 Å². The van der Waals surface area contributed by atoms with Crippen molar-refractivity contribution in [3.63, 3.8) is 0 Å². The monoisotopic (exact) mass is 1570 g/mol. The molecule has 2 heterocycles. The van der Waals surface area contributed by atoms with E-state index in [-0.39, 0.29) is 39.9 Å². The van der Waals surface area contributed by atoms with Gasteiger partial charge in [-0.1, -0.05) is 259 Å². The Labute approximate surface area is 626 Å². The van der Waals surface area contributed by atoms with Crippen LogP contribution in [-0.2, 0) is 38.9 Å². The van der Waals surface area contributed by atoms with Gasteiger partial charge in [-0.25, -0.2) is 0 Å². The highest BCUT2D eigenvalue weighted by Crippen LogP contribution is 2.48. The third-order valence-corrected chi connectivity index (χ3v) is 22.8. The molecule has 508 valence electrons. The van der Waals surface area contributed by atoms with Gasteiger partial charge in [0.2, 0.25) is 0 Å². The summed E-state index contributed by atoms with van der Waals surface area (Å²) in [4.78, 5) is 7.20. The molecule has 0 N–H and O–H groups in total. The van der Waals surface area contributed by atoms with Gasteiger partial charge in [-0.2, -0.15) is 0 Å². The summed E-state index contributed by atoms with van der Waals surface area (Å²) in [6.07, 6.45) is 0.916. The molecule has 0 unspecified atom stereocenters. The van der Waals surface area contributed by atoms with Crippen LogP contribution in [0.5, 0.6) is 0 Å². The number of hydrogen-bond donors (Lipinski definition) is 0. The van der Waals surface area contributed by atoms with Gasteiger partial charge in [0.1, 0.15) is 0 Å². The maximum absolute atomic E-state index is 4.00. The molecule has 0 saturated carbocycles. The second-order valence-corrected chi connectivity index (χ2v) is 36.4. The van der Waals surface area contributed by atoms with Crippen LogP contribution in [-0.4, -0.2) is 0 Å². The Morgan fingerprint density at radius 2 is 0.622 bits per heavy atom. The molecule has 2 aromatic heterocycles. The second kappa shape index (κ2) is 30.6. The first-order valence-electron chi connectivity index (χ1n) is 33.8. The van der Waals surface area contributed by atoms with Crippen molar-refractivity contribution in [3.05, 3.63) is 298 Å². The van der Waals surface area contributed by atoms with Crippen LogP contribution in [0.1, 0.15) is 177 Å². The maximum Gasteiger partial charge on any atom is 0.0647 e. The van der Waals surface area contributed by atoms with Crippen LogP contribution in [0.3, 0.4) is 0 Å². The highest BCUT2D eigenvalue weighted by atomic mass is 127. The molecule has 12 aromatic rings. The van der Waals surface area contributed by atoms with E-state index in [9.17, 15) is 0 Å². The van der Waals surface area contributed by atoms with E-state index in [1.807, 2.05) is 11.3 Å². The average molecular weight is 1570 g/mol. The zero-order valence-electron chi connectivity index (χ0n) is 60.1. The van der Waals surface area contributed by atoms with Crippen molar-refractivity contribution in [1.82, 2.24) is 0 Å². The number of halogens is 3. The lowest BCUT2D eigenvalue weighted by molar-refractivity contribution is 0.589. The zero-order valence-corrected chi connectivity index (χ0v) is 67.1. The van der Waals surface area contributed by atoms with Crippen LogP contribution < -0.4 is 14.7 Å². The molecule has 10 aromatic carbocycles. The summed E-state index contributed by atoms with van der Waals surface area (Å²) in [5, 5.41) is 7.12. The van der Waals surface area contributed by atoms with Crippen LogP contribution in [0.4, 0.5) is 51.2 Å². The minimum absolute atomic E-state index is 0. The molecule has 0 radical (unpaired) electrons. The summed E-state index contributed by atoms with van der Waals surface area (Å²) in [5.41, 5.74) is 21.8. The minimum Gasteiger partial charge on any atom is -0.309 e. The highest BCUT2D eigenvalue weighted by molar-refractivity contribution is 14.1. The lowest BCUT2D eigenvalue weighted by Gasteiger charge is -2.31. The molecule has 98 heavy (non-hydrogen) atoms. The fraction of sp³-hybridized carbons (Fsp3) is 0.289. The minimum atomic E-state index is 0. The van der Waals surface area contributed by atoms with E-state index in [1.54, 1.807) is 11.3 Å². The van der Waals surface area contributed by atoms with E-state index in [4.69, 9.17) is 0 Å². The smallest absolute Gasteiger partial charge is 0.0647 e. The first-order chi connectivity index (χ1) is 45.6. The number of fused-ring (bicyclic) bond motifs is 2. The first kappa shape index (κ1) is 75.4. The van der Waals surface area contributed by atoms with Crippen molar-refractivity contribution >= 4 is 148 Å². The average Bonchev–Trinajstić information content (AvgIpc) is 1.39. The van der Waals surface area contributed by atoms with E-state index in [0.29, 0.717) is 0 Å². The molecule has 0 aliphatic rings. The largest absolute Gasteiger partial charge is 0.309 e. The summed E-state index contributed by atoms with van der Waals surface area (Å²) in [7, 11) is 0. The van der Waals surface area contributed by atoms with Crippen molar-refractivity contribution in [3.8, 4) is 0 Å². The molecular formula is C90H100Br2IN3S2. The normalized spacial score (nSPS) is 12.1. The van der Waals surface area contributed by atoms with Gasteiger partial charge < -0.3 is 14.7 Å². The van der Waals surface area contributed by atoms with Crippen LogP contribution in [0, 0.1) is 3.57 Å². The van der Waals surface area contributed by atoms with Crippen molar-refractivity contribution in [2.24, 2.45) is 0 Å². The number of thiophene rings is 2. The molecule has 0 atom stereocenters. The lowest BCUT2D eigenvalue weighted by atomic mass is 9.86. The summed E-state index contributed by atoms with van der Waals surface area (Å²) < 4.78 is 6.11. The summed E-state index contributed by atoms with van der Waals surface area (Å²) in [6, 6.07) is 85.0. The van der Waals surface area contributed by atoms with Gasteiger partial charge in [-0.15, -0.1) is 22.7 Å². The van der Waals surface area contributed by atoms with Crippen LogP contribution in [0.15, 0.2) is 250 Å². The van der Waals surface area contributed by atoms with Gasteiger partial charge in [-0.3, -0.25) is 0 Å². The zero-order chi connectivity index (χ0) is 70.0. The number of rotatable bonds is 11. The van der Waals surface area contributed by atoms with Gasteiger partial charge in [-0.05, 0) is 241 Å². The SMILES string of the molecule is C.CC(C)(C)c1ccc(Cc2cccc(N(c3ccc(C(C)(C)C)cc3)c3csc4ccccc34)c2)cc1.CC(C)(C)c1ccc(I)c(Br)c1.CC(C)(C)c1ccc(N(c2cccc(N(c3ccc(C(C)(C)C)cc3)c3csc4ccccc34)c2)c2ccc(C(C)(C)C)cc2Br)cc1. The van der Waals surface area contributed by atoms with E-state index in [1.165, 1.54) is 95.5 Å². The maximum atomic E-state index is 4.00. The Morgan fingerprint density at radius 3 is 1.00 bits per heavy atom. The van der Waals surface area contributed by atoms with Gasteiger partial charge in [0.05, 0.1) is 17.1 Å². The van der Waals surface area contributed by atoms with E-state index in [0.717, 1.165) is 39.3 Å². The quantitative estimate of drug-likeness (QED) is 0.120. The number of nitrogens with zero attached hydrogens (tertiary/aromatic N) is 3. The Bertz CT molecular complexity index is 4630. The molecule has 0 fully saturated rings. The Hall–Kier alpha value is -6.79. The van der Waals surface area contributed by atoms with E-state index in [2.05, 4.69) is 435 Å². The van der Waals surface area contributed by atoms with Crippen LogP contribution >= 0.6 is 77.1 Å². The molecule has 0 aliphatic heterocycles. The standard InChI is InChI=1S/C44H47BrN2S.C35H37NS.C10H12BrI.CH4/c1-42(2,3)30-17-22-33(23-18-30)46(39-26-21-32(27-38(39)45)44(7,8)9)35-13-12-14-36(28-35)47(34-24-19-31(20-25-34)43(4,5)6)40-29-48-41-16-11-10-15-37(40)41;1-34(2,3)27-16-14-25(15-17-27)22-26-10-9-11-30(23-26)36(29-20-18-28(19-21-29)35(4,5)6)32-24-37-33-13-8-7-12-31(32)33;1-10(2,3)7-4-5-9(12)8(11)6-7;/h10-29H,1-9H3;7-21,23-24H,22H2,1-6H3;4-6H,1-3H3;1H4. The van der Waals surface area contributed by atoms with E-state index >= 15 is 0 Å². The number of benzene rings is 10. The molecule has 12 rings (SSSR count). The molecule has 0 spiro atoms. The molecule has 3 nitrogen and oxygen atoms in total. The number of hydrogen-bond acceptors (Lipinski definition) is 5. The molecule has 0 aliphatic carbocycles. The van der Waals surface area contributed by atoms with Gasteiger partial charge in [0, 0.05) is 77.6 Å². The predicted octanol–water partition coefficient (Wildman–Crippen LogP) is 30.0. The molecular weight excluding hydrogens is 1470 g/mol. The Balaban J connectivity index is 0.000000198. The topological polar surface area (TPSA) is 9.72 Å². The molecule has 0 saturated heterocycles. The van der Waals surface area contributed by atoms with Gasteiger partial charge >= 0.3 is 0 Å². The molecule has 0 bridgehead atoms. The highest BCUT2D eigenvalue weighted by Gasteiger charge is 2.26. The fourth-order valence-electron chi connectivity index (χ4n) is 11.9. The van der Waals surface area contributed by atoms with Gasteiger partial charge in [0.15, 0.2) is 0 Å². The number of anilines is 9. The van der Waals surface area contributed by atoms with E-state index < -0.39 is 0 Å². The Morgan fingerprint density at radius 1 is 0.296 bits per heavy atom. The third-order valence-electron chi connectivity index (χ3n) is 18.0. The molecule has 8 heteroatoms. The summed E-state index contributed by atoms with van der Waals surface area (Å²) in [6.45, 7) is 40.7. The van der Waals surface area contributed by atoms with Crippen molar-refractivity contribution < 1.29 is 0 Å². The second-order valence-electron chi connectivity index (χ2n) is 31.7. The van der Waals surface area contributed by atoms with Crippen molar-refractivity contribution in [1.29, 1.82) is 0 Å². The fourth-order valence-corrected chi connectivity index (χ4v) is 15.1. The first-order valence-corrected chi connectivity index (χ1v) is 38.2. The van der Waals surface area contributed by atoms with Gasteiger partial charge in [0.25, 0.3) is 0 Å². The lowest BCUT2D eigenvalue weighted by Crippen LogP contribution is -2.16. The summed E-state index contributed by atoms with van der Waals surface area (Å²) >= 11 is 13.4. The Kier molecular flexibility index (Phi) is 23.5. The third kappa shape index (κ3) is 18.2. The summed E-state index contributed by atoms with van der Waals surface area (Å²) in [5.74, 6) is 0. The predicted molar refractivity (Wildman–Crippen MR) is 450 cm³/mol.